The molecule has 0 unspecified atom stereocenters. The van der Waals surface area contributed by atoms with Gasteiger partial charge >= 0.3 is 18.2 Å². The molecule has 5 nitrogen and oxygen atoms in total. The number of aliphatic carboxylic acids is 1. The fraction of sp³-hybridized carbons (Fsp3) is 0.467. The Bertz CT molecular complexity index is 596. The number of hydrogen-bond donors (Lipinski definition) is 2. The van der Waals surface area contributed by atoms with E-state index in [2.05, 4.69) is 0 Å². The summed E-state index contributed by atoms with van der Waals surface area (Å²) in [6.07, 6.45) is -4.36. The van der Waals surface area contributed by atoms with E-state index in [0.717, 1.165) is 29.2 Å². The van der Waals surface area contributed by atoms with Crippen LogP contribution in [0.4, 0.5) is 22.4 Å². The highest BCUT2D eigenvalue weighted by Crippen LogP contribution is 2.33. The average Bonchev–Trinajstić information content (AvgIpc) is 2.52. The summed E-state index contributed by atoms with van der Waals surface area (Å²) in [4.78, 5) is 24.1. The molecule has 2 rings (SSSR count). The minimum absolute atomic E-state index is 0.0663. The lowest BCUT2D eigenvalue weighted by atomic mass is 9.97. The second kappa shape index (κ2) is 7.06. The third-order valence-electron chi connectivity index (χ3n) is 3.93. The van der Waals surface area contributed by atoms with Gasteiger partial charge in [0.15, 0.2) is 6.04 Å². The van der Waals surface area contributed by atoms with Crippen LogP contribution >= 0.6 is 0 Å². The number of carbonyl (C=O) groups is 2. The predicted octanol–water partition coefficient (Wildman–Crippen LogP) is 2.94. The summed E-state index contributed by atoms with van der Waals surface area (Å²) in [5, 5.41) is 10.8. The second-order valence-electron chi connectivity index (χ2n) is 5.58. The molecule has 2 amide bonds. The van der Waals surface area contributed by atoms with Crippen molar-refractivity contribution in [3.63, 3.8) is 0 Å². The fourth-order valence-electron chi connectivity index (χ4n) is 2.55. The number of benzene rings is 1. The third-order valence-corrected chi connectivity index (χ3v) is 3.93. The van der Waals surface area contributed by atoms with E-state index in [4.69, 9.17) is 5.11 Å². The maximum Gasteiger partial charge on any atom is 0.412 e. The Morgan fingerprint density at radius 1 is 1.17 bits per heavy atom. The van der Waals surface area contributed by atoms with Gasteiger partial charge in [-0.3, -0.25) is 4.79 Å². The molecule has 0 aliphatic carbocycles. The number of nitrogens with zero attached hydrogens (tertiary/aromatic N) is 1. The highest BCUT2D eigenvalue weighted by atomic mass is 19.4. The summed E-state index contributed by atoms with van der Waals surface area (Å²) < 4.78 is 52.5. The van der Waals surface area contributed by atoms with Gasteiger partial charge in [-0.25, -0.2) is 9.18 Å². The van der Waals surface area contributed by atoms with Crippen molar-refractivity contribution >= 4 is 12.0 Å². The standard InChI is InChI=1S/C15H16F4N2O3/c16-11-3-1-9(2-4-11)12(15(17,18)19)20-14(24)21-7-5-10(6-8-21)13(22)23/h1-4,10,12H,5-8H2,(H,20,24)(H,22,23)/t12-/m1/s1. The van der Waals surface area contributed by atoms with E-state index in [1.54, 1.807) is 0 Å². The van der Waals surface area contributed by atoms with Crippen LogP contribution in [0.25, 0.3) is 0 Å². The van der Waals surface area contributed by atoms with Gasteiger partial charge in [-0.15, -0.1) is 0 Å². The van der Waals surface area contributed by atoms with Crippen molar-refractivity contribution in [2.75, 3.05) is 13.1 Å². The monoisotopic (exact) mass is 348 g/mol. The van der Waals surface area contributed by atoms with Crippen LogP contribution < -0.4 is 5.32 Å². The Labute approximate surface area is 135 Å². The van der Waals surface area contributed by atoms with Gasteiger partial charge in [0.25, 0.3) is 0 Å². The largest absolute Gasteiger partial charge is 0.481 e. The van der Waals surface area contributed by atoms with Crippen LogP contribution in [0, 0.1) is 11.7 Å². The van der Waals surface area contributed by atoms with Crippen molar-refractivity contribution in [3.8, 4) is 0 Å². The Morgan fingerprint density at radius 2 is 1.71 bits per heavy atom. The molecule has 0 saturated carbocycles. The molecule has 1 saturated heterocycles. The molecule has 0 spiro atoms. The zero-order valence-corrected chi connectivity index (χ0v) is 12.5. The van der Waals surface area contributed by atoms with E-state index in [1.165, 1.54) is 0 Å². The van der Waals surface area contributed by atoms with Crippen molar-refractivity contribution in [1.29, 1.82) is 0 Å². The molecule has 24 heavy (non-hydrogen) atoms. The maximum absolute atomic E-state index is 13.2. The van der Waals surface area contributed by atoms with Gasteiger partial charge in [-0.05, 0) is 30.5 Å². The van der Waals surface area contributed by atoms with E-state index >= 15 is 0 Å². The lowest BCUT2D eigenvalue weighted by Crippen LogP contribution is -2.49. The molecule has 132 valence electrons. The molecule has 1 heterocycles. The highest BCUT2D eigenvalue weighted by Gasteiger charge is 2.42. The molecular weight excluding hydrogens is 332 g/mol. The molecule has 1 atom stereocenters. The number of urea groups is 1. The van der Waals surface area contributed by atoms with Crippen molar-refractivity contribution in [2.45, 2.75) is 25.1 Å². The summed E-state index contributed by atoms with van der Waals surface area (Å²) in [6.45, 7) is 0.133. The van der Waals surface area contributed by atoms with Crippen LogP contribution in [0.5, 0.6) is 0 Å². The third kappa shape index (κ3) is 4.36. The summed E-state index contributed by atoms with van der Waals surface area (Å²) in [5.41, 5.74) is -0.280. The first-order valence-corrected chi connectivity index (χ1v) is 7.29. The smallest absolute Gasteiger partial charge is 0.412 e. The number of amides is 2. The van der Waals surface area contributed by atoms with Gasteiger partial charge < -0.3 is 15.3 Å². The minimum atomic E-state index is -4.74. The highest BCUT2D eigenvalue weighted by molar-refractivity contribution is 5.76. The van der Waals surface area contributed by atoms with Crippen LogP contribution in [-0.2, 0) is 4.79 Å². The van der Waals surface area contributed by atoms with E-state index in [-0.39, 0.29) is 31.5 Å². The lowest BCUT2D eigenvalue weighted by molar-refractivity contribution is -0.155. The predicted molar refractivity (Wildman–Crippen MR) is 75.7 cm³/mol. The first-order chi connectivity index (χ1) is 11.2. The number of piperidine rings is 1. The number of carboxylic acids is 1. The van der Waals surface area contributed by atoms with E-state index in [0.29, 0.717) is 0 Å². The molecule has 0 bridgehead atoms. The summed E-state index contributed by atoms with van der Waals surface area (Å²) in [7, 11) is 0. The Hall–Kier alpha value is -2.32. The zero-order chi connectivity index (χ0) is 17.9. The summed E-state index contributed by atoms with van der Waals surface area (Å²) >= 11 is 0. The van der Waals surface area contributed by atoms with E-state index in [9.17, 15) is 27.2 Å². The summed E-state index contributed by atoms with van der Waals surface area (Å²) in [5.74, 6) is -2.25. The van der Waals surface area contributed by atoms with Gasteiger partial charge in [0.2, 0.25) is 0 Å². The molecule has 2 N–H and O–H groups in total. The van der Waals surface area contributed by atoms with E-state index in [1.807, 2.05) is 5.32 Å². The van der Waals surface area contributed by atoms with Crippen molar-refractivity contribution < 1.29 is 32.3 Å². The number of rotatable bonds is 3. The normalized spacial score (nSPS) is 17.4. The molecule has 0 aromatic heterocycles. The molecule has 1 fully saturated rings. The van der Waals surface area contributed by atoms with Crippen LogP contribution in [0.15, 0.2) is 24.3 Å². The molecule has 1 aromatic rings. The number of nitrogens with one attached hydrogen (secondary N) is 1. The SMILES string of the molecule is O=C(O)C1CCN(C(=O)N[C@H](c2ccc(F)cc2)C(F)(F)F)CC1. The number of halogens is 4. The molecule has 1 aliphatic rings. The number of carboxylic acid groups (broad SMARTS) is 1. The molecular formula is C15H16F4N2O3. The zero-order valence-electron chi connectivity index (χ0n) is 12.5. The second-order valence-corrected chi connectivity index (χ2v) is 5.58. The van der Waals surface area contributed by atoms with Gasteiger partial charge in [-0.1, -0.05) is 12.1 Å². The Morgan fingerprint density at radius 3 is 2.17 bits per heavy atom. The van der Waals surface area contributed by atoms with Gasteiger partial charge in [0, 0.05) is 13.1 Å². The number of likely N-dealkylation sites (tertiary alicyclic amines) is 1. The fourth-order valence-corrected chi connectivity index (χ4v) is 2.55. The van der Waals surface area contributed by atoms with Crippen LogP contribution in [0.1, 0.15) is 24.4 Å². The Balaban J connectivity index is 2.06. The van der Waals surface area contributed by atoms with Gasteiger partial charge in [0.1, 0.15) is 5.82 Å². The molecule has 9 heteroatoms. The van der Waals surface area contributed by atoms with Crippen molar-refractivity contribution in [1.82, 2.24) is 10.2 Å². The number of alkyl halides is 3. The molecule has 1 aliphatic heterocycles. The average molecular weight is 348 g/mol. The van der Waals surface area contributed by atoms with Gasteiger partial charge in [-0.2, -0.15) is 13.2 Å². The maximum atomic E-state index is 13.2. The van der Waals surface area contributed by atoms with Crippen LogP contribution in [0.3, 0.4) is 0 Å². The van der Waals surface area contributed by atoms with Gasteiger partial charge in [0.05, 0.1) is 5.92 Å². The lowest BCUT2D eigenvalue weighted by Gasteiger charge is -2.32. The van der Waals surface area contributed by atoms with Crippen LogP contribution in [0.2, 0.25) is 0 Å². The minimum Gasteiger partial charge on any atom is -0.481 e. The Kier molecular flexibility index (Phi) is 5.30. The summed E-state index contributed by atoms with van der Waals surface area (Å²) in [6, 6.07) is 0.514. The first kappa shape index (κ1) is 18.0. The van der Waals surface area contributed by atoms with Crippen molar-refractivity contribution in [3.05, 3.63) is 35.6 Å². The van der Waals surface area contributed by atoms with Crippen molar-refractivity contribution in [2.24, 2.45) is 5.92 Å². The topological polar surface area (TPSA) is 69.6 Å². The molecule has 0 radical (unpaired) electrons. The molecule has 1 aromatic carbocycles. The number of carbonyl (C=O) groups excluding carboxylic acids is 1. The number of hydrogen-bond acceptors (Lipinski definition) is 2. The van der Waals surface area contributed by atoms with E-state index < -0.39 is 36.0 Å². The quantitative estimate of drug-likeness (QED) is 0.825. The van der Waals surface area contributed by atoms with Crippen LogP contribution in [-0.4, -0.2) is 41.3 Å². The first-order valence-electron chi connectivity index (χ1n) is 7.29.